The Morgan fingerprint density at radius 2 is 1.83 bits per heavy atom. The van der Waals surface area contributed by atoms with E-state index < -0.39 is 12.0 Å². The third-order valence-corrected chi connectivity index (χ3v) is 6.52. The minimum absolute atomic E-state index is 0.231. The van der Waals surface area contributed by atoms with Crippen LogP contribution in [-0.4, -0.2) is 34.6 Å². The van der Waals surface area contributed by atoms with Crippen molar-refractivity contribution in [1.82, 2.24) is 14.9 Å². The quantitative estimate of drug-likeness (QED) is 0.225. The number of anilines is 1. The maximum Gasteiger partial charge on any atom is 0.341 e. The predicted octanol–water partition coefficient (Wildman–Crippen LogP) is 5.15. The van der Waals surface area contributed by atoms with E-state index in [9.17, 15) is 9.59 Å². The number of carbonyl (C=O) groups is 2. The number of hydrogen-bond donors (Lipinski definition) is 2. The standard InChI is InChI=1S/C27H28N4O3S/c1-2-34-27(33)22-18-23(20-10-5-3-6-11-20)35-26(22)30-25(32)24(21-12-7-4-8-13-21)29-14-9-16-31-17-15-28-19-31/h3-8,10-13,15,17-19,24,29H,2,9,14,16H2,1H3,(H,30,32). The lowest BCUT2D eigenvalue weighted by atomic mass is 10.1. The minimum Gasteiger partial charge on any atom is -0.462 e. The first kappa shape index (κ1) is 24.4. The minimum atomic E-state index is -0.573. The van der Waals surface area contributed by atoms with Gasteiger partial charge in [-0.05, 0) is 37.1 Å². The van der Waals surface area contributed by atoms with E-state index in [2.05, 4.69) is 15.6 Å². The van der Waals surface area contributed by atoms with Crippen LogP contribution in [-0.2, 0) is 16.1 Å². The van der Waals surface area contributed by atoms with E-state index in [1.807, 2.05) is 71.4 Å². The van der Waals surface area contributed by atoms with E-state index >= 15 is 0 Å². The van der Waals surface area contributed by atoms with Crippen LogP contribution in [0.1, 0.15) is 35.3 Å². The summed E-state index contributed by atoms with van der Waals surface area (Å²) >= 11 is 1.36. The number of ether oxygens (including phenoxy) is 1. The maximum absolute atomic E-state index is 13.5. The van der Waals surface area contributed by atoms with E-state index in [1.165, 1.54) is 11.3 Å². The predicted molar refractivity (Wildman–Crippen MR) is 138 cm³/mol. The molecule has 180 valence electrons. The lowest BCUT2D eigenvalue weighted by molar-refractivity contribution is -0.118. The van der Waals surface area contributed by atoms with Crippen LogP contribution in [0, 0.1) is 0 Å². The zero-order valence-corrected chi connectivity index (χ0v) is 20.3. The second kappa shape index (κ2) is 12.1. The summed E-state index contributed by atoms with van der Waals surface area (Å²) in [6, 6.07) is 20.6. The van der Waals surface area contributed by atoms with E-state index in [1.54, 1.807) is 25.5 Å². The molecule has 0 aliphatic heterocycles. The van der Waals surface area contributed by atoms with Crippen molar-refractivity contribution in [1.29, 1.82) is 0 Å². The smallest absolute Gasteiger partial charge is 0.341 e. The van der Waals surface area contributed by atoms with Gasteiger partial charge in [-0.25, -0.2) is 9.78 Å². The number of imidazole rings is 1. The molecule has 0 aliphatic rings. The molecule has 0 radical (unpaired) electrons. The van der Waals surface area contributed by atoms with Crippen LogP contribution in [0.25, 0.3) is 10.4 Å². The highest BCUT2D eigenvalue weighted by atomic mass is 32.1. The molecule has 1 atom stereocenters. The largest absolute Gasteiger partial charge is 0.462 e. The van der Waals surface area contributed by atoms with Gasteiger partial charge >= 0.3 is 5.97 Å². The highest BCUT2D eigenvalue weighted by Gasteiger charge is 2.24. The fourth-order valence-corrected chi connectivity index (χ4v) is 4.76. The average molecular weight is 489 g/mol. The number of amides is 1. The van der Waals surface area contributed by atoms with Crippen LogP contribution < -0.4 is 10.6 Å². The molecule has 1 amide bonds. The Morgan fingerprint density at radius 1 is 1.09 bits per heavy atom. The van der Waals surface area contributed by atoms with Crippen LogP contribution in [0.2, 0.25) is 0 Å². The molecule has 1 unspecified atom stereocenters. The number of thiophene rings is 1. The fourth-order valence-electron chi connectivity index (χ4n) is 3.71. The summed E-state index contributed by atoms with van der Waals surface area (Å²) in [5, 5.41) is 6.85. The summed E-state index contributed by atoms with van der Waals surface area (Å²) < 4.78 is 7.25. The molecule has 2 aromatic heterocycles. The molecular weight excluding hydrogens is 460 g/mol. The number of esters is 1. The van der Waals surface area contributed by atoms with Crippen LogP contribution in [0.3, 0.4) is 0 Å². The van der Waals surface area contributed by atoms with Gasteiger partial charge in [0, 0.05) is 23.8 Å². The van der Waals surface area contributed by atoms with Crippen molar-refractivity contribution in [2.45, 2.75) is 25.9 Å². The van der Waals surface area contributed by atoms with Gasteiger partial charge in [0.1, 0.15) is 11.0 Å². The Balaban J connectivity index is 1.54. The van der Waals surface area contributed by atoms with Crippen LogP contribution in [0.5, 0.6) is 0 Å². The summed E-state index contributed by atoms with van der Waals surface area (Å²) in [4.78, 5) is 31.1. The van der Waals surface area contributed by atoms with Crippen molar-refractivity contribution >= 4 is 28.2 Å². The van der Waals surface area contributed by atoms with Crippen molar-refractivity contribution in [3.8, 4) is 10.4 Å². The van der Waals surface area contributed by atoms with Gasteiger partial charge in [0.2, 0.25) is 5.91 Å². The number of hydrogen-bond acceptors (Lipinski definition) is 6. The van der Waals surface area contributed by atoms with E-state index in [-0.39, 0.29) is 12.5 Å². The highest BCUT2D eigenvalue weighted by Crippen LogP contribution is 2.36. The van der Waals surface area contributed by atoms with E-state index in [4.69, 9.17) is 4.74 Å². The van der Waals surface area contributed by atoms with Crippen LogP contribution in [0.4, 0.5) is 5.00 Å². The molecule has 0 fully saturated rings. The molecule has 4 rings (SSSR count). The van der Waals surface area contributed by atoms with Gasteiger partial charge in [-0.15, -0.1) is 11.3 Å². The number of aromatic nitrogens is 2. The Morgan fingerprint density at radius 3 is 2.51 bits per heavy atom. The molecule has 7 nitrogen and oxygen atoms in total. The Labute approximate surface area is 208 Å². The third-order valence-electron chi connectivity index (χ3n) is 5.42. The first-order valence-electron chi connectivity index (χ1n) is 11.6. The molecular formula is C27H28N4O3S. The summed E-state index contributed by atoms with van der Waals surface area (Å²) in [7, 11) is 0. The zero-order valence-electron chi connectivity index (χ0n) is 19.5. The first-order chi connectivity index (χ1) is 17.2. The molecule has 4 aromatic rings. The molecule has 2 heterocycles. The van der Waals surface area contributed by atoms with Gasteiger partial charge in [-0.3, -0.25) is 4.79 Å². The SMILES string of the molecule is CCOC(=O)c1cc(-c2ccccc2)sc1NC(=O)C(NCCCn1ccnc1)c1ccccc1. The number of benzene rings is 2. The number of nitrogens with zero attached hydrogens (tertiary/aromatic N) is 2. The summed E-state index contributed by atoms with van der Waals surface area (Å²) in [5.74, 6) is -0.684. The van der Waals surface area contributed by atoms with E-state index in [0.29, 0.717) is 17.1 Å². The molecule has 8 heteroatoms. The van der Waals surface area contributed by atoms with Gasteiger partial charge in [0.15, 0.2) is 0 Å². The Hall–Kier alpha value is -3.75. The normalized spacial score (nSPS) is 11.7. The van der Waals surface area contributed by atoms with Gasteiger partial charge in [0.25, 0.3) is 0 Å². The van der Waals surface area contributed by atoms with Crippen LogP contribution in [0.15, 0.2) is 85.5 Å². The molecule has 2 aromatic carbocycles. The monoisotopic (exact) mass is 488 g/mol. The van der Waals surface area contributed by atoms with Crippen molar-refractivity contribution in [2.75, 3.05) is 18.5 Å². The second-order valence-electron chi connectivity index (χ2n) is 7.88. The molecule has 0 bridgehead atoms. The average Bonchev–Trinajstić information content (AvgIpc) is 3.55. The van der Waals surface area contributed by atoms with Gasteiger partial charge in [0.05, 0.1) is 18.5 Å². The molecule has 35 heavy (non-hydrogen) atoms. The number of aryl methyl sites for hydroxylation is 1. The summed E-state index contributed by atoms with van der Waals surface area (Å²) in [5.41, 5.74) is 2.18. The summed E-state index contributed by atoms with van der Waals surface area (Å²) in [6.45, 7) is 3.46. The number of rotatable bonds is 11. The lowest BCUT2D eigenvalue weighted by Gasteiger charge is -2.19. The van der Waals surface area contributed by atoms with Crippen molar-refractivity contribution in [2.24, 2.45) is 0 Å². The maximum atomic E-state index is 13.5. The Bertz CT molecular complexity index is 1220. The van der Waals surface area contributed by atoms with Crippen LogP contribution >= 0.6 is 11.3 Å². The molecule has 0 spiro atoms. The molecule has 2 N–H and O–H groups in total. The zero-order chi connectivity index (χ0) is 24.5. The van der Waals surface area contributed by atoms with Gasteiger partial charge in [-0.2, -0.15) is 0 Å². The Kier molecular flexibility index (Phi) is 8.43. The third kappa shape index (κ3) is 6.44. The van der Waals surface area contributed by atoms with Gasteiger partial charge in [-0.1, -0.05) is 60.7 Å². The van der Waals surface area contributed by atoms with Crippen molar-refractivity contribution in [3.05, 3.63) is 96.6 Å². The fraction of sp³-hybridized carbons (Fsp3) is 0.222. The second-order valence-corrected chi connectivity index (χ2v) is 8.93. The topological polar surface area (TPSA) is 85.2 Å². The molecule has 0 saturated heterocycles. The van der Waals surface area contributed by atoms with Gasteiger partial charge < -0.3 is 19.9 Å². The first-order valence-corrected chi connectivity index (χ1v) is 12.4. The molecule has 0 saturated carbocycles. The lowest BCUT2D eigenvalue weighted by Crippen LogP contribution is -2.34. The molecule has 0 aliphatic carbocycles. The van der Waals surface area contributed by atoms with E-state index in [0.717, 1.165) is 29.0 Å². The van der Waals surface area contributed by atoms with Crippen molar-refractivity contribution in [3.63, 3.8) is 0 Å². The number of carbonyl (C=O) groups excluding carboxylic acids is 2. The van der Waals surface area contributed by atoms with Crippen molar-refractivity contribution < 1.29 is 14.3 Å². The summed E-state index contributed by atoms with van der Waals surface area (Å²) in [6.07, 6.45) is 6.27. The highest BCUT2D eigenvalue weighted by molar-refractivity contribution is 7.20. The number of nitrogens with one attached hydrogen (secondary N) is 2.